The summed E-state index contributed by atoms with van der Waals surface area (Å²) in [7, 11) is 0. The highest BCUT2D eigenvalue weighted by Gasteiger charge is 2.17. The van der Waals surface area contributed by atoms with E-state index in [2.05, 4.69) is 21.9 Å². The van der Waals surface area contributed by atoms with Crippen LogP contribution in [0.15, 0.2) is 89.9 Å². The second-order valence-corrected chi connectivity index (χ2v) is 7.67. The number of amides is 1. The van der Waals surface area contributed by atoms with Crippen molar-refractivity contribution in [3.63, 3.8) is 0 Å². The molecule has 0 bridgehead atoms. The van der Waals surface area contributed by atoms with Crippen molar-refractivity contribution in [1.82, 2.24) is 14.3 Å². The maximum absolute atomic E-state index is 13.2. The van der Waals surface area contributed by atoms with Crippen LogP contribution in [-0.4, -0.2) is 20.3 Å². The van der Waals surface area contributed by atoms with E-state index in [0.29, 0.717) is 23.0 Å². The topological polar surface area (TPSA) is 68.9 Å². The summed E-state index contributed by atoms with van der Waals surface area (Å²) in [6.45, 7) is 3.27. The van der Waals surface area contributed by atoms with Crippen LogP contribution in [0.1, 0.15) is 23.0 Å². The van der Waals surface area contributed by atoms with Gasteiger partial charge in [0.25, 0.3) is 11.5 Å². The molecule has 0 aliphatic rings. The third kappa shape index (κ3) is 3.56. The average Bonchev–Trinajstić information content (AvgIpc) is 3.24. The van der Waals surface area contributed by atoms with Crippen LogP contribution in [0.5, 0.6) is 0 Å². The van der Waals surface area contributed by atoms with Gasteiger partial charge in [0.15, 0.2) is 5.69 Å². The number of nitrogens with zero attached hydrogens (tertiary/aromatic N) is 3. The Kier molecular flexibility index (Phi) is 5.03. The number of anilines is 1. The Morgan fingerprint density at radius 3 is 2.47 bits per heavy atom. The molecule has 2 heterocycles. The highest BCUT2D eigenvalue weighted by atomic mass is 16.2. The molecule has 2 aromatic heterocycles. The maximum Gasteiger partial charge on any atom is 0.276 e. The van der Waals surface area contributed by atoms with Gasteiger partial charge in [-0.25, -0.2) is 4.68 Å². The molecule has 6 nitrogen and oxygen atoms in total. The summed E-state index contributed by atoms with van der Waals surface area (Å²) in [5.41, 5.74) is 2.74. The second kappa shape index (κ2) is 8.15. The molecule has 158 valence electrons. The minimum Gasteiger partial charge on any atom is -0.348 e. The zero-order valence-electron chi connectivity index (χ0n) is 17.7. The van der Waals surface area contributed by atoms with Crippen LogP contribution in [0.4, 0.5) is 5.69 Å². The zero-order chi connectivity index (χ0) is 22.1. The highest BCUT2D eigenvalue weighted by Crippen LogP contribution is 2.22. The number of carbonyl (C=O) groups is 1. The van der Waals surface area contributed by atoms with Gasteiger partial charge in [-0.3, -0.25) is 9.59 Å². The molecule has 5 rings (SSSR count). The van der Waals surface area contributed by atoms with Gasteiger partial charge in [0.1, 0.15) is 0 Å². The first-order valence-electron chi connectivity index (χ1n) is 10.6. The van der Waals surface area contributed by atoms with Crippen LogP contribution >= 0.6 is 0 Å². The van der Waals surface area contributed by atoms with E-state index >= 15 is 0 Å². The van der Waals surface area contributed by atoms with Gasteiger partial charge in [-0.05, 0) is 42.8 Å². The van der Waals surface area contributed by atoms with E-state index in [1.165, 1.54) is 4.68 Å². The van der Waals surface area contributed by atoms with Crippen molar-refractivity contribution < 1.29 is 4.79 Å². The molecule has 0 aliphatic heterocycles. The van der Waals surface area contributed by atoms with Crippen molar-refractivity contribution in [2.45, 2.75) is 20.0 Å². The summed E-state index contributed by atoms with van der Waals surface area (Å²) in [5.74, 6) is -0.350. The maximum atomic E-state index is 13.2. The number of rotatable bonds is 5. The summed E-state index contributed by atoms with van der Waals surface area (Å²) in [4.78, 5) is 26.3. The molecule has 0 spiro atoms. The lowest BCUT2D eigenvalue weighted by Crippen LogP contribution is -2.28. The van der Waals surface area contributed by atoms with Crippen molar-refractivity contribution in [2.24, 2.45) is 0 Å². The third-order valence-corrected chi connectivity index (χ3v) is 5.63. The summed E-state index contributed by atoms with van der Waals surface area (Å²) >= 11 is 0. The zero-order valence-corrected chi connectivity index (χ0v) is 17.7. The molecular weight excluding hydrogens is 400 g/mol. The summed E-state index contributed by atoms with van der Waals surface area (Å²) < 4.78 is 3.51. The molecule has 6 heteroatoms. The Morgan fingerprint density at radius 2 is 1.69 bits per heavy atom. The molecule has 0 radical (unpaired) electrons. The fourth-order valence-corrected chi connectivity index (χ4v) is 4.01. The Balaban J connectivity index is 1.54. The van der Waals surface area contributed by atoms with E-state index < -0.39 is 0 Å². The molecular formula is C26H22N4O2. The van der Waals surface area contributed by atoms with E-state index in [1.54, 1.807) is 24.3 Å². The predicted molar refractivity (Wildman–Crippen MR) is 127 cm³/mol. The van der Waals surface area contributed by atoms with E-state index in [0.717, 1.165) is 23.0 Å². The van der Waals surface area contributed by atoms with Gasteiger partial charge in [0.2, 0.25) is 0 Å². The fourth-order valence-electron chi connectivity index (χ4n) is 4.01. The molecule has 0 saturated carbocycles. The lowest BCUT2D eigenvalue weighted by Gasteiger charge is -2.12. The standard InChI is InChI=1S/C26H22N4O2/c1-2-29-15-14-19-16-20(12-13-23(19)29)27-25(31)24-21-10-6-7-11-22(21)26(32)30(28-24)17-18-8-4-3-5-9-18/h3-16H,2,17H2,1H3,(H,27,31). The number of nitrogens with one attached hydrogen (secondary N) is 1. The summed E-state index contributed by atoms with van der Waals surface area (Å²) in [6.07, 6.45) is 2.03. The number of benzene rings is 3. The van der Waals surface area contributed by atoms with Crippen molar-refractivity contribution in [3.05, 3.63) is 107 Å². The number of carbonyl (C=O) groups excluding carboxylic acids is 1. The minimum atomic E-state index is -0.350. The smallest absolute Gasteiger partial charge is 0.276 e. The molecule has 0 saturated heterocycles. The van der Waals surface area contributed by atoms with Gasteiger partial charge < -0.3 is 9.88 Å². The van der Waals surface area contributed by atoms with Gasteiger partial charge in [0, 0.05) is 34.7 Å². The molecule has 0 atom stereocenters. The Morgan fingerprint density at radius 1 is 0.938 bits per heavy atom. The third-order valence-electron chi connectivity index (χ3n) is 5.63. The molecule has 5 aromatic rings. The first-order chi connectivity index (χ1) is 15.6. The highest BCUT2D eigenvalue weighted by molar-refractivity contribution is 6.11. The van der Waals surface area contributed by atoms with Gasteiger partial charge in [-0.15, -0.1) is 0 Å². The molecule has 0 aliphatic carbocycles. The Hall–Kier alpha value is -4.19. The van der Waals surface area contributed by atoms with E-state index in [4.69, 9.17) is 0 Å². The Bertz CT molecular complexity index is 1500. The molecule has 1 amide bonds. The number of hydrogen-bond donors (Lipinski definition) is 1. The van der Waals surface area contributed by atoms with Crippen molar-refractivity contribution >= 4 is 33.3 Å². The van der Waals surface area contributed by atoms with Crippen LogP contribution in [0.2, 0.25) is 0 Å². The van der Waals surface area contributed by atoms with Crippen LogP contribution in [0, 0.1) is 0 Å². The van der Waals surface area contributed by atoms with Gasteiger partial charge in [0.05, 0.1) is 11.9 Å². The van der Waals surface area contributed by atoms with E-state index in [-0.39, 0.29) is 17.2 Å². The normalized spacial score (nSPS) is 11.2. The van der Waals surface area contributed by atoms with Gasteiger partial charge in [-0.1, -0.05) is 48.5 Å². The lowest BCUT2D eigenvalue weighted by atomic mass is 10.1. The van der Waals surface area contributed by atoms with Crippen molar-refractivity contribution in [1.29, 1.82) is 0 Å². The van der Waals surface area contributed by atoms with Crippen LogP contribution < -0.4 is 10.9 Å². The molecule has 1 N–H and O–H groups in total. The molecule has 0 fully saturated rings. The predicted octanol–water partition coefficient (Wildman–Crippen LogP) is 4.67. The Labute approximate surface area is 184 Å². The molecule has 0 unspecified atom stereocenters. The van der Waals surface area contributed by atoms with Gasteiger partial charge in [-0.2, -0.15) is 5.10 Å². The van der Waals surface area contributed by atoms with Crippen LogP contribution in [0.3, 0.4) is 0 Å². The van der Waals surface area contributed by atoms with Crippen LogP contribution in [-0.2, 0) is 13.1 Å². The molecule has 32 heavy (non-hydrogen) atoms. The van der Waals surface area contributed by atoms with E-state index in [9.17, 15) is 9.59 Å². The first kappa shape index (κ1) is 19.8. The van der Waals surface area contributed by atoms with Crippen LogP contribution in [0.25, 0.3) is 21.7 Å². The van der Waals surface area contributed by atoms with E-state index in [1.807, 2.05) is 60.8 Å². The first-order valence-corrected chi connectivity index (χ1v) is 10.6. The SMILES string of the molecule is CCn1ccc2cc(NC(=O)c3nn(Cc4ccccc4)c(=O)c4ccccc34)ccc21. The average molecular weight is 422 g/mol. The number of fused-ring (bicyclic) bond motifs is 2. The largest absolute Gasteiger partial charge is 0.348 e. The summed E-state index contributed by atoms with van der Waals surface area (Å²) in [6, 6.07) is 24.6. The number of aryl methyl sites for hydroxylation is 1. The number of aromatic nitrogens is 3. The van der Waals surface area contributed by atoms with Crippen molar-refractivity contribution in [2.75, 3.05) is 5.32 Å². The lowest BCUT2D eigenvalue weighted by molar-refractivity contribution is 0.102. The fraction of sp³-hybridized carbons (Fsp3) is 0.115. The number of hydrogen-bond acceptors (Lipinski definition) is 3. The monoisotopic (exact) mass is 422 g/mol. The van der Waals surface area contributed by atoms with Gasteiger partial charge >= 0.3 is 0 Å². The van der Waals surface area contributed by atoms with Crippen molar-refractivity contribution in [3.8, 4) is 0 Å². The minimum absolute atomic E-state index is 0.219. The second-order valence-electron chi connectivity index (χ2n) is 7.67. The summed E-state index contributed by atoms with van der Waals surface area (Å²) in [5, 5.41) is 9.48. The molecule has 3 aromatic carbocycles. The quantitative estimate of drug-likeness (QED) is 0.447.